The minimum absolute atomic E-state index is 0.785. The molecule has 8 heavy (non-hydrogen) atoms. The summed E-state index contributed by atoms with van der Waals surface area (Å²) < 4.78 is 1.85. The van der Waals surface area contributed by atoms with Gasteiger partial charge in [-0.3, -0.25) is 0 Å². The molecule has 0 aromatic rings. The summed E-state index contributed by atoms with van der Waals surface area (Å²) in [5.41, 5.74) is 6.21. The van der Waals surface area contributed by atoms with Crippen molar-refractivity contribution in [3.8, 4) is 0 Å². The molecule has 1 heterocycles. The molecule has 2 N–H and O–H groups in total. The molecule has 0 saturated carbocycles. The van der Waals surface area contributed by atoms with Crippen LogP contribution in [0, 0.1) is 0 Å². The highest BCUT2D eigenvalue weighted by molar-refractivity contribution is 9.07. The SMILES string of the molecule is NC1=CN(Br)CC=C1. The Morgan fingerprint density at radius 1 is 1.75 bits per heavy atom. The summed E-state index contributed by atoms with van der Waals surface area (Å²) in [5, 5.41) is 0. The van der Waals surface area contributed by atoms with E-state index in [4.69, 9.17) is 5.73 Å². The van der Waals surface area contributed by atoms with E-state index in [2.05, 4.69) is 16.1 Å². The lowest BCUT2D eigenvalue weighted by atomic mass is 10.3. The Hall–Kier alpha value is -0.440. The number of nitrogens with zero attached hydrogens (tertiary/aromatic N) is 1. The van der Waals surface area contributed by atoms with Gasteiger partial charge in [0, 0.05) is 34.6 Å². The Bertz CT molecular complexity index is 139. The maximum Gasteiger partial charge on any atom is 0.0495 e. The van der Waals surface area contributed by atoms with Gasteiger partial charge in [-0.25, -0.2) is 0 Å². The Kier molecular flexibility index (Phi) is 1.58. The summed E-state index contributed by atoms with van der Waals surface area (Å²) in [5.74, 6) is 0. The van der Waals surface area contributed by atoms with Crippen LogP contribution in [-0.4, -0.2) is 10.5 Å². The standard InChI is InChI=1S/C5H7BrN2/c6-8-3-1-2-5(7)4-8/h1-2,4H,3,7H2. The van der Waals surface area contributed by atoms with E-state index in [0.717, 1.165) is 12.2 Å². The number of halogens is 1. The maximum atomic E-state index is 5.43. The fraction of sp³-hybridized carbons (Fsp3) is 0.200. The topological polar surface area (TPSA) is 29.3 Å². The van der Waals surface area contributed by atoms with Gasteiger partial charge in [0.2, 0.25) is 0 Å². The highest BCUT2D eigenvalue weighted by Crippen LogP contribution is 2.05. The maximum absolute atomic E-state index is 5.43. The van der Waals surface area contributed by atoms with Crippen molar-refractivity contribution in [2.45, 2.75) is 0 Å². The van der Waals surface area contributed by atoms with E-state index >= 15 is 0 Å². The molecule has 0 aromatic heterocycles. The van der Waals surface area contributed by atoms with E-state index in [1.165, 1.54) is 0 Å². The third kappa shape index (κ3) is 1.26. The minimum atomic E-state index is 0.785. The molecule has 3 heteroatoms. The van der Waals surface area contributed by atoms with Crippen molar-refractivity contribution in [3.63, 3.8) is 0 Å². The van der Waals surface area contributed by atoms with Crippen LogP contribution < -0.4 is 5.73 Å². The van der Waals surface area contributed by atoms with E-state index in [1.54, 1.807) is 0 Å². The van der Waals surface area contributed by atoms with Gasteiger partial charge in [-0.15, -0.1) is 0 Å². The van der Waals surface area contributed by atoms with Crippen LogP contribution in [0.25, 0.3) is 0 Å². The van der Waals surface area contributed by atoms with Gasteiger partial charge in [0.1, 0.15) is 0 Å². The second-order valence-electron chi connectivity index (χ2n) is 1.61. The van der Waals surface area contributed by atoms with Crippen LogP contribution in [0.2, 0.25) is 0 Å². The van der Waals surface area contributed by atoms with Crippen LogP contribution in [0.1, 0.15) is 0 Å². The molecule has 0 aliphatic carbocycles. The predicted molar refractivity (Wildman–Crippen MR) is 37.0 cm³/mol. The van der Waals surface area contributed by atoms with Crippen molar-refractivity contribution < 1.29 is 0 Å². The largest absolute Gasteiger partial charge is 0.398 e. The van der Waals surface area contributed by atoms with Crippen LogP contribution in [0.5, 0.6) is 0 Å². The van der Waals surface area contributed by atoms with E-state index < -0.39 is 0 Å². The van der Waals surface area contributed by atoms with Crippen molar-refractivity contribution >= 4 is 16.1 Å². The quantitative estimate of drug-likeness (QED) is 0.555. The first-order valence-electron chi connectivity index (χ1n) is 2.35. The van der Waals surface area contributed by atoms with Gasteiger partial charge >= 0.3 is 0 Å². The molecular formula is C5H7BrN2. The third-order valence-corrected chi connectivity index (χ3v) is 1.37. The lowest BCUT2D eigenvalue weighted by molar-refractivity contribution is 0.704. The zero-order valence-electron chi connectivity index (χ0n) is 4.34. The molecular weight excluding hydrogens is 168 g/mol. The fourth-order valence-corrected chi connectivity index (χ4v) is 0.951. The summed E-state index contributed by atoms with van der Waals surface area (Å²) >= 11 is 3.25. The number of nitrogens with two attached hydrogens (primary N) is 1. The van der Waals surface area contributed by atoms with Gasteiger partial charge in [-0.05, 0) is 6.08 Å². The van der Waals surface area contributed by atoms with Gasteiger partial charge in [0.05, 0.1) is 0 Å². The van der Waals surface area contributed by atoms with E-state index in [1.807, 2.05) is 22.3 Å². The summed E-state index contributed by atoms with van der Waals surface area (Å²) in [6.07, 6.45) is 5.71. The Labute approximate surface area is 57.0 Å². The van der Waals surface area contributed by atoms with Gasteiger partial charge in [-0.1, -0.05) is 6.08 Å². The summed E-state index contributed by atoms with van der Waals surface area (Å²) in [6.45, 7) is 0.890. The zero-order chi connectivity index (χ0) is 5.98. The summed E-state index contributed by atoms with van der Waals surface area (Å²) in [7, 11) is 0. The Balaban J connectivity index is 2.63. The first kappa shape index (κ1) is 5.69. The fourth-order valence-electron chi connectivity index (χ4n) is 0.547. The molecule has 0 aromatic carbocycles. The summed E-state index contributed by atoms with van der Waals surface area (Å²) in [6, 6.07) is 0. The molecule has 44 valence electrons. The molecule has 1 rings (SSSR count). The zero-order valence-corrected chi connectivity index (χ0v) is 5.93. The first-order chi connectivity index (χ1) is 3.79. The highest BCUT2D eigenvalue weighted by atomic mass is 79.9. The van der Waals surface area contributed by atoms with Crippen molar-refractivity contribution in [2.75, 3.05) is 6.54 Å². The van der Waals surface area contributed by atoms with E-state index in [0.29, 0.717) is 0 Å². The molecule has 0 radical (unpaired) electrons. The Morgan fingerprint density at radius 2 is 2.50 bits per heavy atom. The first-order valence-corrected chi connectivity index (χ1v) is 3.06. The van der Waals surface area contributed by atoms with Crippen LogP contribution >= 0.6 is 16.1 Å². The average Bonchev–Trinajstić information content (AvgIpc) is 1.64. The number of hydrogen-bond acceptors (Lipinski definition) is 2. The molecule has 1 aliphatic rings. The lowest BCUT2D eigenvalue weighted by Gasteiger charge is -2.11. The molecule has 0 spiro atoms. The average molecular weight is 175 g/mol. The van der Waals surface area contributed by atoms with Crippen LogP contribution in [-0.2, 0) is 0 Å². The van der Waals surface area contributed by atoms with Crippen molar-refractivity contribution in [2.24, 2.45) is 5.73 Å². The monoisotopic (exact) mass is 174 g/mol. The molecule has 0 bridgehead atoms. The molecule has 0 amide bonds. The van der Waals surface area contributed by atoms with Crippen LogP contribution in [0.4, 0.5) is 0 Å². The molecule has 0 unspecified atom stereocenters. The lowest BCUT2D eigenvalue weighted by Crippen LogP contribution is -2.10. The van der Waals surface area contributed by atoms with Gasteiger partial charge < -0.3 is 9.66 Å². The normalized spacial score (nSPS) is 18.6. The summed E-state index contributed by atoms with van der Waals surface area (Å²) in [4.78, 5) is 0. The number of rotatable bonds is 0. The molecule has 1 aliphatic heterocycles. The van der Waals surface area contributed by atoms with Gasteiger partial charge in [0.25, 0.3) is 0 Å². The Morgan fingerprint density at radius 3 is 2.88 bits per heavy atom. The molecule has 0 saturated heterocycles. The van der Waals surface area contributed by atoms with E-state index in [9.17, 15) is 0 Å². The minimum Gasteiger partial charge on any atom is -0.398 e. The van der Waals surface area contributed by atoms with Crippen LogP contribution in [0.15, 0.2) is 24.0 Å². The second kappa shape index (κ2) is 2.22. The third-order valence-electron chi connectivity index (χ3n) is 0.879. The second-order valence-corrected chi connectivity index (χ2v) is 2.52. The van der Waals surface area contributed by atoms with Gasteiger partial charge in [-0.2, -0.15) is 0 Å². The van der Waals surface area contributed by atoms with Crippen LogP contribution in [0.3, 0.4) is 0 Å². The number of hydrogen-bond donors (Lipinski definition) is 1. The molecule has 0 fully saturated rings. The van der Waals surface area contributed by atoms with Crippen molar-refractivity contribution in [3.05, 3.63) is 24.0 Å². The van der Waals surface area contributed by atoms with Crippen molar-refractivity contribution in [1.29, 1.82) is 0 Å². The van der Waals surface area contributed by atoms with E-state index in [-0.39, 0.29) is 0 Å². The van der Waals surface area contributed by atoms with Gasteiger partial charge in [0.15, 0.2) is 0 Å². The molecule has 0 atom stereocenters. The van der Waals surface area contributed by atoms with Crippen molar-refractivity contribution in [1.82, 2.24) is 3.93 Å². The predicted octanol–water partition coefficient (Wildman–Crippen LogP) is 0.968. The molecule has 2 nitrogen and oxygen atoms in total. The smallest absolute Gasteiger partial charge is 0.0495 e. The highest BCUT2D eigenvalue weighted by Gasteiger charge is 1.95. The number of allylic oxidation sites excluding steroid dienone is 1.